The standard InChI is InChI=1S/C20H19ClF2N2O4/c21-15-8-12(9-17-19(15)29-7-1-6-28-17)11-25-18(26)4-5-24-20(27)14-3-2-13(22)10-16(14)23/h2-3,8-10H,1,4-7,11H2,(H,24,27)(H,25,26). The van der Waals surface area contributed by atoms with Crippen LogP contribution < -0.4 is 20.1 Å². The van der Waals surface area contributed by atoms with Crippen LogP contribution in [0, 0.1) is 11.6 Å². The third kappa shape index (κ3) is 5.57. The fourth-order valence-electron chi connectivity index (χ4n) is 2.73. The average Bonchev–Trinajstić information content (AvgIpc) is 2.92. The van der Waals surface area contributed by atoms with Crippen LogP contribution in [0.4, 0.5) is 8.78 Å². The maximum Gasteiger partial charge on any atom is 0.254 e. The van der Waals surface area contributed by atoms with Crippen molar-refractivity contribution < 1.29 is 27.8 Å². The Hall–Kier alpha value is -2.87. The third-order valence-corrected chi connectivity index (χ3v) is 4.45. The van der Waals surface area contributed by atoms with Crippen molar-refractivity contribution in [1.82, 2.24) is 10.6 Å². The van der Waals surface area contributed by atoms with Gasteiger partial charge in [0.25, 0.3) is 5.91 Å². The molecule has 0 atom stereocenters. The largest absolute Gasteiger partial charge is 0.489 e. The molecule has 1 aliphatic heterocycles. The molecule has 0 spiro atoms. The smallest absolute Gasteiger partial charge is 0.254 e. The van der Waals surface area contributed by atoms with E-state index in [1.54, 1.807) is 12.1 Å². The van der Waals surface area contributed by atoms with Gasteiger partial charge < -0.3 is 20.1 Å². The number of hydrogen-bond acceptors (Lipinski definition) is 4. The monoisotopic (exact) mass is 424 g/mol. The van der Waals surface area contributed by atoms with Crippen molar-refractivity contribution in [3.8, 4) is 11.5 Å². The van der Waals surface area contributed by atoms with Crippen LogP contribution in [0.1, 0.15) is 28.8 Å². The van der Waals surface area contributed by atoms with Crippen LogP contribution in [0.25, 0.3) is 0 Å². The number of carbonyl (C=O) groups excluding carboxylic acids is 2. The number of carbonyl (C=O) groups is 2. The number of amides is 2. The summed E-state index contributed by atoms with van der Waals surface area (Å²) in [7, 11) is 0. The predicted octanol–water partition coefficient (Wildman–Crippen LogP) is 3.22. The molecule has 0 bridgehead atoms. The fraction of sp³-hybridized carbons (Fsp3) is 0.300. The predicted molar refractivity (Wildman–Crippen MR) is 102 cm³/mol. The molecule has 2 aromatic carbocycles. The van der Waals surface area contributed by atoms with Gasteiger partial charge in [-0.15, -0.1) is 0 Å². The van der Waals surface area contributed by atoms with Crippen LogP contribution >= 0.6 is 11.6 Å². The van der Waals surface area contributed by atoms with E-state index >= 15 is 0 Å². The van der Waals surface area contributed by atoms with E-state index in [2.05, 4.69) is 10.6 Å². The molecule has 0 unspecified atom stereocenters. The molecule has 2 amide bonds. The molecule has 0 radical (unpaired) electrons. The molecule has 2 aromatic rings. The van der Waals surface area contributed by atoms with Gasteiger partial charge in [-0.2, -0.15) is 0 Å². The van der Waals surface area contributed by atoms with Crippen molar-refractivity contribution >= 4 is 23.4 Å². The molecular weight excluding hydrogens is 406 g/mol. The lowest BCUT2D eigenvalue weighted by molar-refractivity contribution is -0.121. The van der Waals surface area contributed by atoms with Gasteiger partial charge in [0, 0.05) is 32.0 Å². The zero-order valence-corrected chi connectivity index (χ0v) is 16.2. The van der Waals surface area contributed by atoms with E-state index in [9.17, 15) is 18.4 Å². The molecule has 0 saturated carbocycles. The Labute approximate surface area is 171 Å². The van der Waals surface area contributed by atoms with Crippen LogP contribution in [-0.2, 0) is 11.3 Å². The Balaban J connectivity index is 1.47. The van der Waals surface area contributed by atoms with Crippen molar-refractivity contribution in [3.63, 3.8) is 0 Å². The molecule has 0 saturated heterocycles. The molecule has 6 nitrogen and oxygen atoms in total. The van der Waals surface area contributed by atoms with Gasteiger partial charge in [0.1, 0.15) is 11.6 Å². The number of benzene rings is 2. The zero-order valence-electron chi connectivity index (χ0n) is 15.4. The molecular formula is C20H19ClF2N2O4. The molecule has 9 heteroatoms. The molecule has 1 heterocycles. The Morgan fingerprint density at radius 1 is 1.07 bits per heavy atom. The summed E-state index contributed by atoms with van der Waals surface area (Å²) >= 11 is 6.22. The highest BCUT2D eigenvalue weighted by molar-refractivity contribution is 6.32. The SMILES string of the molecule is O=C(CCNC(=O)c1ccc(F)cc1F)NCc1cc(Cl)c2c(c1)OCCCO2. The molecule has 29 heavy (non-hydrogen) atoms. The van der Waals surface area contributed by atoms with Gasteiger partial charge >= 0.3 is 0 Å². The zero-order chi connectivity index (χ0) is 20.8. The van der Waals surface area contributed by atoms with Crippen LogP contribution in [0.3, 0.4) is 0 Å². The summed E-state index contributed by atoms with van der Waals surface area (Å²) in [6.45, 7) is 1.27. The molecule has 154 valence electrons. The Morgan fingerprint density at radius 3 is 2.66 bits per heavy atom. The maximum absolute atomic E-state index is 13.6. The Bertz CT molecular complexity index is 924. The minimum Gasteiger partial charge on any atom is -0.489 e. The van der Waals surface area contributed by atoms with Gasteiger partial charge in [-0.05, 0) is 29.8 Å². The minimum absolute atomic E-state index is 0.00335. The molecule has 2 N–H and O–H groups in total. The lowest BCUT2D eigenvalue weighted by atomic mass is 10.2. The number of fused-ring (bicyclic) bond motifs is 1. The van der Waals surface area contributed by atoms with E-state index in [4.69, 9.17) is 21.1 Å². The Kier molecular flexibility index (Phi) is 6.87. The minimum atomic E-state index is -0.960. The topological polar surface area (TPSA) is 76.7 Å². The van der Waals surface area contributed by atoms with Crippen molar-refractivity contribution in [2.45, 2.75) is 19.4 Å². The van der Waals surface area contributed by atoms with E-state index < -0.39 is 17.5 Å². The Morgan fingerprint density at radius 2 is 1.86 bits per heavy atom. The summed E-state index contributed by atoms with van der Waals surface area (Å²) in [5.74, 6) is -1.73. The highest BCUT2D eigenvalue weighted by Gasteiger charge is 2.16. The first kappa shape index (κ1) is 20.9. The van der Waals surface area contributed by atoms with E-state index in [1.165, 1.54) is 0 Å². The van der Waals surface area contributed by atoms with Crippen LogP contribution in [0.2, 0.25) is 5.02 Å². The van der Waals surface area contributed by atoms with E-state index in [-0.39, 0.29) is 31.0 Å². The van der Waals surface area contributed by atoms with Gasteiger partial charge in [0.15, 0.2) is 11.5 Å². The molecule has 1 aliphatic rings. The van der Waals surface area contributed by atoms with Crippen molar-refractivity contribution in [2.75, 3.05) is 19.8 Å². The number of nitrogens with one attached hydrogen (secondary N) is 2. The lowest BCUT2D eigenvalue weighted by Gasteiger charge is -2.12. The normalized spacial score (nSPS) is 12.8. The molecule has 0 aromatic heterocycles. The summed E-state index contributed by atoms with van der Waals surface area (Å²) in [6.07, 6.45) is 0.747. The highest BCUT2D eigenvalue weighted by atomic mass is 35.5. The lowest BCUT2D eigenvalue weighted by Crippen LogP contribution is -2.31. The summed E-state index contributed by atoms with van der Waals surface area (Å²) in [5.41, 5.74) is 0.457. The van der Waals surface area contributed by atoms with Crippen LogP contribution in [0.5, 0.6) is 11.5 Å². The quantitative estimate of drug-likeness (QED) is 0.746. The second kappa shape index (κ2) is 9.56. The summed E-state index contributed by atoms with van der Waals surface area (Å²) in [5, 5.41) is 5.54. The first-order chi connectivity index (χ1) is 13.9. The number of rotatable bonds is 6. The average molecular weight is 425 g/mol. The van der Waals surface area contributed by atoms with Gasteiger partial charge in [-0.3, -0.25) is 9.59 Å². The van der Waals surface area contributed by atoms with Gasteiger partial charge in [-0.25, -0.2) is 8.78 Å². The second-order valence-electron chi connectivity index (χ2n) is 6.36. The first-order valence-electron chi connectivity index (χ1n) is 9.02. The summed E-state index contributed by atoms with van der Waals surface area (Å²) in [6, 6.07) is 6.11. The molecule has 0 fully saturated rings. The van der Waals surface area contributed by atoms with E-state index in [0.717, 1.165) is 24.1 Å². The van der Waals surface area contributed by atoms with Gasteiger partial charge in [0.05, 0.1) is 23.8 Å². The molecule has 3 rings (SSSR count). The number of ether oxygens (including phenoxy) is 2. The number of hydrogen-bond donors (Lipinski definition) is 2. The van der Waals surface area contributed by atoms with Crippen molar-refractivity contribution in [3.05, 3.63) is 58.1 Å². The second-order valence-corrected chi connectivity index (χ2v) is 6.77. The van der Waals surface area contributed by atoms with E-state index in [0.29, 0.717) is 35.8 Å². The van der Waals surface area contributed by atoms with Crippen molar-refractivity contribution in [1.29, 1.82) is 0 Å². The summed E-state index contributed by atoms with van der Waals surface area (Å²) < 4.78 is 37.6. The van der Waals surface area contributed by atoms with Gasteiger partial charge in [0.2, 0.25) is 5.91 Å². The van der Waals surface area contributed by atoms with E-state index in [1.807, 2.05) is 0 Å². The number of halogens is 3. The van der Waals surface area contributed by atoms with Crippen LogP contribution in [-0.4, -0.2) is 31.6 Å². The van der Waals surface area contributed by atoms with Crippen molar-refractivity contribution in [2.24, 2.45) is 0 Å². The maximum atomic E-state index is 13.6. The molecule has 0 aliphatic carbocycles. The van der Waals surface area contributed by atoms with Crippen LogP contribution in [0.15, 0.2) is 30.3 Å². The highest BCUT2D eigenvalue weighted by Crippen LogP contribution is 2.37. The fourth-order valence-corrected chi connectivity index (χ4v) is 3.02. The van der Waals surface area contributed by atoms with Gasteiger partial charge in [-0.1, -0.05) is 11.6 Å². The first-order valence-corrected chi connectivity index (χ1v) is 9.40. The third-order valence-electron chi connectivity index (χ3n) is 4.17. The summed E-state index contributed by atoms with van der Waals surface area (Å²) in [4.78, 5) is 23.9.